The van der Waals surface area contributed by atoms with E-state index in [2.05, 4.69) is 23.2 Å². The van der Waals surface area contributed by atoms with Crippen molar-refractivity contribution in [2.45, 2.75) is 6.42 Å². The molecule has 0 aromatic carbocycles. The van der Waals surface area contributed by atoms with E-state index in [1.54, 1.807) is 0 Å². The highest BCUT2D eigenvalue weighted by atomic mass is 14.6. The molecule has 1 nitrogen and oxygen atoms in total. The van der Waals surface area contributed by atoms with Crippen LogP contribution in [0.25, 0.3) is 6.08 Å². The van der Waals surface area contributed by atoms with E-state index in [0.717, 1.165) is 6.42 Å². The standard InChI is InChI=1S/C8H7N.H2/c1-2-7-4-5-9-6-8(7)3-1;/h1,3-6H,2H2;1H. The molecule has 1 heteroatoms. The largest absolute Gasteiger partial charge is 0.264 e. The molecule has 0 saturated carbocycles. The summed E-state index contributed by atoms with van der Waals surface area (Å²) in [6.07, 6.45) is 9.09. The van der Waals surface area contributed by atoms with E-state index in [0.29, 0.717) is 0 Å². The number of nitrogens with zero attached hydrogens (tertiary/aromatic N) is 1. The van der Waals surface area contributed by atoms with Gasteiger partial charge in [0.1, 0.15) is 0 Å². The van der Waals surface area contributed by atoms with Gasteiger partial charge < -0.3 is 0 Å². The number of hydrogen-bond acceptors (Lipinski definition) is 1. The lowest BCUT2D eigenvalue weighted by Gasteiger charge is -1.92. The molecule has 0 saturated heterocycles. The van der Waals surface area contributed by atoms with Crippen LogP contribution in [0.1, 0.15) is 12.6 Å². The van der Waals surface area contributed by atoms with Gasteiger partial charge in [-0.05, 0) is 23.6 Å². The predicted molar refractivity (Wildman–Crippen MR) is 39.1 cm³/mol. The van der Waals surface area contributed by atoms with E-state index < -0.39 is 0 Å². The highest BCUT2D eigenvalue weighted by molar-refractivity contribution is 5.58. The fourth-order valence-electron chi connectivity index (χ4n) is 1.08. The molecule has 0 atom stereocenters. The molecule has 0 radical (unpaired) electrons. The van der Waals surface area contributed by atoms with Gasteiger partial charge in [0, 0.05) is 13.8 Å². The van der Waals surface area contributed by atoms with Gasteiger partial charge in [0.2, 0.25) is 0 Å². The number of allylic oxidation sites excluding steroid dienone is 1. The summed E-state index contributed by atoms with van der Waals surface area (Å²) in [5.74, 6) is 0. The Labute approximate surface area is 55.5 Å². The molecule has 0 unspecified atom stereocenters. The maximum atomic E-state index is 4.01. The average Bonchev–Trinajstić information content (AvgIpc) is 2.33. The average molecular weight is 119 g/mol. The van der Waals surface area contributed by atoms with Gasteiger partial charge in [0.25, 0.3) is 0 Å². The van der Waals surface area contributed by atoms with Crippen molar-refractivity contribution >= 4 is 6.08 Å². The van der Waals surface area contributed by atoms with Crippen molar-refractivity contribution in [1.29, 1.82) is 0 Å². The maximum Gasteiger partial charge on any atom is 0.0343 e. The highest BCUT2D eigenvalue weighted by Gasteiger charge is 2.01. The fourth-order valence-corrected chi connectivity index (χ4v) is 1.08. The van der Waals surface area contributed by atoms with Crippen molar-refractivity contribution in [1.82, 2.24) is 4.98 Å². The quantitative estimate of drug-likeness (QED) is 0.508. The lowest BCUT2D eigenvalue weighted by molar-refractivity contribution is 1.23. The molecular weight excluding hydrogens is 110 g/mol. The molecule has 1 aliphatic rings. The third-order valence-corrected chi connectivity index (χ3v) is 1.58. The first-order valence-electron chi connectivity index (χ1n) is 3.06. The van der Waals surface area contributed by atoms with Crippen LogP contribution in [0.2, 0.25) is 0 Å². The van der Waals surface area contributed by atoms with Crippen molar-refractivity contribution in [3.8, 4) is 0 Å². The monoisotopic (exact) mass is 119 g/mol. The number of hydrogen-bond donors (Lipinski definition) is 0. The third-order valence-electron chi connectivity index (χ3n) is 1.58. The zero-order valence-corrected chi connectivity index (χ0v) is 5.04. The summed E-state index contributed by atoms with van der Waals surface area (Å²) in [4.78, 5) is 4.01. The minimum absolute atomic E-state index is 0. The Kier molecular flexibility index (Phi) is 0.890. The molecule has 1 heterocycles. The van der Waals surface area contributed by atoms with Crippen molar-refractivity contribution in [2.24, 2.45) is 0 Å². The van der Waals surface area contributed by atoms with Crippen LogP contribution < -0.4 is 0 Å². The van der Waals surface area contributed by atoms with Crippen molar-refractivity contribution in [2.75, 3.05) is 0 Å². The summed E-state index contributed by atoms with van der Waals surface area (Å²) in [6.45, 7) is 0. The molecule has 1 aliphatic carbocycles. The maximum absolute atomic E-state index is 4.01. The van der Waals surface area contributed by atoms with Gasteiger partial charge in [-0.15, -0.1) is 0 Å². The zero-order chi connectivity index (χ0) is 6.10. The number of fused-ring (bicyclic) bond motifs is 1. The van der Waals surface area contributed by atoms with Crippen LogP contribution in [-0.2, 0) is 6.42 Å². The second kappa shape index (κ2) is 1.69. The first-order chi connectivity index (χ1) is 4.47. The van der Waals surface area contributed by atoms with Gasteiger partial charge in [0.05, 0.1) is 0 Å². The number of aromatic nitrogens is 1. The molecular formula is C8H9N. The van der Waals surface area contributed by atoms with Crippen LogP contribution in [0.4, 0.5) is 0 Å². The lowest BCUT2D eigenvalue weighted by Crippen LogP contribution is -1.80. The van der Waals surface area contributed by atoms with Crippen molar-refractivity contribution < 1.29 is 1.43 Å². The summed E-state index contributed by atoms with van der Waals surface area (Å²) in [6, 6.07) is 2.06. The first-order valence-corrected chi connectivity index (χ1v) is 3.06. The topological polar surface area (TPSA) is 12.9 Å². The van der Waals surface area contributed by atoms with Gasteiger partial charge >= 0.3 is 0 Å². The zero-order valence-electron chi connectivity index (χ0n) is 5.04. The summed E-state index contributed by atoms with van der Waals surface area (Å²) in [5.41, 5.74) is 2.67. The Morgan fingerprint density at radius 2 is 2.56 bits per heavy atom. The summed E-state index contributed by atoms with van der Waals surface area (Å²) in [5, 5.41) is 0. The van der Waals surface area contributed by atoms with E-state index in [9.17, 15) is 0 Å². The molecule has 0 bridgehead atoms. The highest BCUT2D eigenvalue weighted by Crippen LogP contribution is 2.16. The molecule has 0 N–H and O–H groups in total. The lowest BCUT2D eigenvalue weighted by atomic mass is 10.2. The second-order valence-electron chi connectivity index (χ2n) is 2.18. The Balaban J connectivity index is 0.000000500. The minimum Gasteiger partial charge on any atom is -0.264 e. The van der Waals surface area contributed by atoms with Crippen LogP contribution in [-0.4, -0.2) is 4.98 Å². The molecule has 1 aromatic heterocycles. The minimum atomic E-state index is 0. The van der Waals surface area contributed by atoms with E-state index in [4.69, 9.17) is 0 Å². The van der Waals surface area contributed by atoms with Crippen molar-refractivity contribution in [3.63, 3.8) is 0 Å². The third kappa shape index (κ3) is 0.653. The van der Waals surface area contributed by atoms with E-state index in [1.165, 1.54) is 11.1 Å². The fraction of sp³-hybridized carbons (Fsp3) is 0.125. The normalized spacial score (nSPS) is 13.8. The summed E-state index contributed by atoms with van der Waals surface area (Å²) >= 11 is 0. The Hall–Kier alpha value is -1.11. The molecule has 46 valence electrons. The number of pyridine rings is 1. The van der Waals surface area contributed by atoms with E-state index >= 15 is 0 Å². The van der Waals surface area contributed by atoms with Gasteiger partial charge in [-0.25, -0.2) is 0 Å². The molecule has 9 heavy (non-hydrogen) atoms. The molecule has 0 aliphatic heterocycles. The smallest absolute Gasteiger partial charge is 0.0343 e. The van der Waals surface area contributed by atoms with E-state index in [1.807, 2.05) is 12.4 Å². The first kappa shape index (κ1) is 4.74. The molecule has 0 amide bonds. The molecule has 0 spiro atoms. The van der Waals surface area contributed by atoms with Gasteiger partial charge in [-0.3, -0.25) is 4.98 Å². The van der Waals surface area contributed by atoms with Gasteiger partial charge in [0.15, 0.2) is 0 Å². The van der Waals surface area contributed by atoms with Crippen LogP contribution in [0.5, 0.6) is 0 Å². The van der Waals surface area contributed by atoms with Gasteiger partial charge in [-0.1, -0.05) is 12.2 Å². The number of rotatable bonds is 0. The van der Waals surface area contributed by atoms with Crippen molar-refractivity contribution in [3.05, 3.63) is 35.7 Å². The van der Waals surface area contributed by atoms with Crippen LogP contribution >= 0.6 is 0 Å². The Morgan fingerprint density at radius 1 is 1.56 bits per heavy atom. The van der Waals surface area contributed by atoms with Crippen LogP contribution in [0, 0.1) is 0 Å². The van der Waals surface area contributed by atoms with Crippen LogP contribution in [0.3, 0.4) is 0 Å². The molecule has 0 fully saturated rings. The van der Waals surface area contributed by atoms with Gasteiger partial charge in [-0.2, -0.15) is 0 Å². The second-order valence-corrected chi connectivity index (χ2v) is 2.18. The van der Waals surface area contributed by atoms with E-state index in [-0.39, 0.29) is 1.43 Å². The Bertz CT molecular complexity index is 255. The summed E-state index contributed by atoms with van der Waals surface area (Å²) in [7, 11) is 0. The SMILES string of the molecule is C1=Cc2cnccc2C1.[HH]. The summed E-state index contributed by atoms with van der Waals surface area (Å²) < 4.78 is 0. The Morgan fingerprint density at radius 3 is 3.44 bits per heavy atom. The predicted octanol–water partition coefficient (Wildman–Crippen LogP) is 1.90. The van der Waals surface area contributed by atoms with Crippen LogP contribution in [0.15, 0.2) is 24.5 Å². The molecule has 1 aromatic rings. The molecule has 2 rings (SSSR count).